The van der Waals surface area contributed by atoms with Crippen molar-refractivity contribution in [1.82, 2.24) is 20.9 Å². The monoisotopic (exact) mass is 474 g/mol. The molecule has 4 amide bonds. The molecule has 9 heteroatoms. The molecule has 0 aliphatic carbocycles. The van der Waals surface area contributed by atoms with Crippen LogP contribution in [0, 0.1) is 12.8 Å². The fourth-order valence-corrected chi connectivity index (χ4v) is 4.63. The van der Waals surface area contributed by atoms with Crippen LogP contribution in [0.4, 0.5) is 4.79 Å². The molecule has 0 bridgehead atoms. The second-order valence-corrected chi connectivity index (χ2v) is 8.80. The summed E-state index contributed by atoms with van der Waals surface area (Å²) < 4.78 is 11.5. The van der Waals surface area contributed by atoms with E-state index in [1.807, 2.05) is 37.3 Å². The first-order valence-corrected chi connectivity index (χ1v) is 11.6. The minimum absolute atomic E-state index is 0.256. The number of hydrogen-bond donors (Lipinski definition) is 3. The summed E-state index contributed by atoms with van der Waals surface area (Å²) in [6.45, 7) is 3.09. The molecule has 1 aromatic heterocycles. The van der Waals surface area contributed by atoms with E-state index >= 15 is 0 Å². The third kappa shape index (κ3) is 4.95. The molecular formula is C26H26N4O5. The fourth-order valence-electron chi connectivity index (χ4n) is 4.63. The van der Waals surface area contributed by atoms with Gasteiger partial charge in [0.05, 0.1) is 12.1 Å². The maximum atomic E-state index is 12.9. The van der Waals surface area contributed by atoms with E-state index in [2.05, 4.69) is 20.9 Å². The van der Waals surface area contributed by atoms with Gasteiger partial charge in [0.15, 0.2) is 0 Å². The van der Waals surface area contributed by atoms with E-state index in [1.165, 1.54) is 0 Å². The maximum absolute atomic E-state index is 12.9. The van der Waals surface area contributed by atoms with Crippen molar-refractivity contribution in [2.24, 2.45) is 5.92 Å². The lowest BCUT2D eigenvalue weighted by molar-refractivity contribution is -0.123. The lowest BCUT2D eigenvalue weighted by atomic mass is 9.88. The molecule has 2 fully saturated rings. The molecule has 2 aromatic carbocycles. The molecule has 9 nitrogen and oxygen atoms in total. The Balaban J connectivity index is 1.23. The van der Waals surface area contributed by atoms with Gasteiger partial charge in [-0.25, -0.2) is 4.79 Å². The van der Waals surface area contributed by atoms with Crippen molar-refractivity contribution in [3.8, 4) is 5.75 Å². The van der Waals surface area contributed by atoms with E-state index in [0.717, 1.165) is 22.2 Å². The minimum atomic E-state index is -0.725. The number of nitrogens with zero attached hydrogens (tertiary/aromatic N) is 1. The van der Waals surface area contributed by atoms with Gasteiger partial charge in [0.2, 0.25) is 0 Å². The molecule has 0 spiro atoms. The quantitative estimate of drug-likeness (QED) is 0.473. The third-order valence-electron chi connectivity index (χ3n) is 6.39. The fraction of sp³-hybridized carbons (Fsp3) is 0.308. The molecule has 35 heavy (non-hydrogen) atoms. The number of pyridine rings is 1. The molecule has 2 saturated heterocycles. The Labute approximate surface area is 202 Å². The van der Waals surface area contributed by atoms with Gasteiger partial charge in [-0.3, -0.25) is 19.9 Å². The molecule has 2 aliphatic rings. The van der Waals surface area contributed by atoms with E-state index < -0.39 is 18.0 Å². The Morgan fingerprint density at radius 1 is 1.17 bits per heavy atom. The highest BCUT2D eigenvalue weighted by molar-refractivity contribution is 6.04. The van der Waals surface area contributed by atoms with Crippen LogP contribution in [0.15, 0.2) is 54.6 Å². The number of ether oxygens (including phenoxy) is 2. The van der Waals surface area contributed by atoms with Gasteiger partial charge in [0.1, 0.15) is 18.4 Å². The van der Waals surface area contributed by atoms with Crippen LogP contribution in [0.5, 0.6) is 5.75 Å². The first kappa shape index (κ1) is 22.8. The number of benzene rings is 2. The number of aryl methyl sites for hydroxylation is 1. The lowest BCUT2D eigenvalue weighted by Gasteiger charge is -2.34. The molecule has 3 atom stereocenters. The second kappa shape index (κ2) is 9.71. The smallest absolute Gasteiger partial charge is 0.322 e. The number of imide groups is 1. The number of urea groups is 1. The molecule has 3 unspecified atom stereocenters. The summed E-state index contributed by atoms with van der Waals surface area (Å²) in [7, 11) is 0. The summed E-state index contributed by atoms with van der Waals surface area (Å²) >= 11 is 0. The number of para-hydroxylation sites is 1. The van der Waals surface area contributed by atoms with Crippen LogP contribution < -0.4 is 20.7 Å². The van der Waals surface area contributed by atoms with Crippen molar-refractivity contribution in [2.75, 3.05) is 13.2 Å². The third-order valence-corrected chi connectivity index (χ3v) is 6.39. The van der Waals surface area contributed by atoms with Gasteiger partial charge in [-0.1, -0.05) is 18.2 Å². The molecular weight excluding hydrogens is 448 g/mol. The van der Waals surface area contributed by atoms with Gasteiger partial charge in [0.25, 0.3) is 11.8 Å². The molecule has 3 aromatic rings. The van der Waals surface area contributed by atoms with E-state index in [1.54, 1.807) is 24.3 Å². The van der Waals surface area contributed by atoms with Gasteiger partial charge in [-0.05, 0) is 49.7 Å². The second-order valence-electron chi connectivity index (χ2n) is 8.80. The van der Waals surface area contributed by atoms with Gasteiger partial charge < -0.3 is 20.1 Å². The Morgan fingerprint density at radius 3 is 2.74 bits per heavy atom. The molecule has 0 saturated carbocycles. The van der Waals surface area contributed by atoms with Gasteiger partial charge in [0, 0.05) is 40.8 Å². The highest BCUT2D eigenvalue weighted by atomic mass is 16.5. The Hall–Kier alpha value is -3.98. The summed E-state index contributed by atoms with van der Waals surface area (Å²) in [5.41, 5.74) is 3.38. The van der Waals surface area contributed by atoms with Gasteiger partial charge >= 0.3 is 6.03 Å². The summed E-state index contributed by atoms with van der Waals surface area (Å²) in [6.07, 6.45) is 0.552. The van der Waals surface area contributed by atoms with Crippen molar-refractivity contribution < 1.29 is 23.9 Å². The summed E-state index contributed by atoms with van der Waals surface area (Å²) in [4.78, 5) is 41.1. The normalized spacial score (nSPS) is 21.9. The van der Waals surface area contributed by atoms with E-state index in [0.29, 0.717) is 30.9 Å². The minimum Gasteiger partial charge on any atom is -0.489 e. The average Bonchev–Trinajstić information content (AvgIpc) is 3.20. The Morgan fingerprint density at radius 2 is 1.97 bits per heavy atom. The molecule has 0 radical (unpaired) electrons. The highest BCUT2D eigenvalue weighted by Crippen LogP contribution is 2.23. The summed E-state index contributed by atoms with van der Waals surface area (Å²) in [5.74, 6) is -0.355. The van der Waals surface area contributed by atoms with E-state index in [4.69, 9.17) is 9.47 Å². The lowest BCUT2D eigenvalue weighted by Crippen LogP contribution is -2.54. The first-order valence-electron chi connectivity index (χ1n) is 11.6. The molecule has 5 rings (SSSR count). The van der Waals surface area contributed by atoms with Crippen LogP contribution in [0.25, 0.3) is 10.9 Å². The average molecular weight is 475 g/mol. The van der Waals surface area contributed by atoms with E-state index in [-0.39, 0.29) is 24.5 Å². The zero-order valence-corrected chi connectivity index (χ0v) is 19.2. The number of carbonyl (C=O) groups is 3. The Kier molecular flexibility index (Phi) is 6.33. The van der Waals surface area contributed by atoms with Crippen LogP contribution in [0.1, 0.15) is 28.0 Å². The molecule has 2 aliphatic heterocycles. The van der Waals surface area contributed by atoms with Crippen molar-refractivity contribution in [2.45, 2.75) is 32.0 Å². The zero-order valence-electron chi connectivity index (χ0n) is 19.2. The summed E-state index contributed by atoms with van der Waals surface area (Å²) in [5, 5.41) is 8.90. The SMILES string of the molecule is Cc1cc(COc2ccc(C(=O)NC3CCOCC3C3NC(=O)NC3=O)cc2)c2ccccc2n1. The van der Waals surface area contributed by atoms with Crippen molar-refractivity contribution in [3.63, 3.8) is 0 Å². The van der Waals surface area contributed by atoms with Crippen molar-refractivity contribution >= 4 is 28.7 Å². The zero-order chi connectivity index (χ0) is 24.4. The summed E-state index contributed by atoms with van der Waals surface area (Å²) in [6, 6.07) is 15.3. The van der Waals surface area contributed by atoms with Crippen LogP contribution in [-0.4, -0.2) is 48.1 Å². The van der Waals surface area contributed by atoms with Crippen LogP contribution in [0.2, 0.25) is 0 Å². The number of amides is 4. The largest absolute Gasteiger partial charge is 0.489 e. The van der Waals surface area contributed by atoms with E-state index in [9.17, 15) is 14.4 Å². The number of rotatable bonds is 6. The topological polar surface area (TPSA) is 119 Å². The first-order chi connectivity index (χ1) is 17.0. The van der Waals surface area contributed by atoms with Crippen molar-refractivity contribution in [3.05, 3.63) is 71.4 Å². The number of carbonyl (C=O) groups excluding carboxylic acids is 3. The molecule has 180 valence electrons. The number of aromatic nitrogens is 1. The Bertz CT molecular complexity index is 1280. The standard InChI is InChI=1S/C26H26N4O5/c1-15-12-17(19-4-2-3-5-21(19)27-15)13-35-18-8-6-16(7-9-18)24(31)28-22-10-11-34-14-20(22)23-25(32)30-26(33)29-23/h2-9,12,20,22-23H,10-11,13-14H2,1H3,(H,28,31)(H2,29,30,32,33). The van der Waals surface area contributed by atoms with Crippen LogP contribution in [-0.2, 0) is 16.1 Å². The predicted molar refractivity (Wildman–Crippen MR) is 128 cm³/mol. The van der Waals surface area contributed by atoms with Crippen LogP contribution in [0.3, 0.4) is 0 Å². The molecule has 3 heterocycles. The highest BCUT2D eigenvalue weighted by Gasteiger charge is 2.42. The predicted octanol–water partition coefficient (Wildman–Crippen LogP) is 2.47. The molecule has 3 N–H and O–H groups in total. The number of hydrogen-bond acceptors (Lipinski definition) is 6. The van der Waals surface area contributed by atoms with Gasteiger partial charge in [-0.15, -0.1) is 0 Å². The van der Waals surface area contributed by atoms with Gasteiger partial charge in [-0.2, -0.15) is 0 Å². The maximum Gasteiger partial charge on any atom is 0.322 e. The van der Waals surface area contributed by atoms with Crippen LogP contribution >= 0.6 is 0 Å². The number of fused-ring (bicyclic) bond motifs is 1. The van der Waals surface area contributed by atoms with Crippen molar-refractivity contribution in [1.29, 1.82) is 0 Å². The number of nitrogens with one attached hydrogen (secondary N) is 3.